The van der Waals surface area contributed by atoms with E-state index in [-0.39, 0.29) is 23.0 Å². The van der Waals surface area contributed by atoms with Gasteiger partial charge in [0.2, 0.25) is 17.6 Å². The molecule has 3 aromatic rings. The fraction of sp³-hybridized carbons (Fsp3) is 0.211. The van der Waals surface area contributed by atoms with Gasteiger partial charge in [-0.2, -0.15) is 4.98 Å². The van der Waals surface area contributed by atoms with Crippen LogP contribution in [0.4, 0.5) is 4.39 Å². The van der Waals surface area contributed by atoms with Gasteiger partial charge in [-0.1, -0.05) is 46.6 Å². The van der Waals surface area contributed by atoms with E-state index in [0.717, 1.165) is 0 Å². The fourth-order valence-electron chi connectivity index (χ4n) is 3.16. The van der Waals surface area contributed by atoms with Gasteiger partial charge in [0, 0.05) is 22.6 Å². The lowest BCUT2D eigenvalue weighted by molar-refractivity contribution is -0.130. The monoisotopic (exact) mass is 405 g/mol. The van der Waals surface area contributed by atoms with Crippen molar-refractivity contribution < 1.29 is 13.7 Å². The van der Waals surface area contributed by atoms with Crippen LogP contribution in [0, 0.1) is 5.82 Å². The summed E-state index contributed by atoms with van der Waals surface area (Å²) in [6.07, 6.45) is 0.829. The molecule has 0 radical (unpaired) electrons. The van der Waals surface area contributed by atoms with Crippen LogP contribution in [0.1, 0.15) is 30.3 Å². The normalized spacial score (nSPS) is 16.9. The van der Waals surface area contributed by atoms with Gasteiger partial charge in [0.25, 0.3) is 0 Å². The lowest BCUT2D eigenvalue weighted by Gasteiger charge is -2.22. The van der Waals surface area contributed by atoms with Crippen LogP contribution >= 0.6 is 23.2 Å². The molecular formula is C19H14Cl2FN3O2. The molecule has 1 aliphatic rings. The topological polar surface area (TPSA) is 59.2 Å². The van der Waals surface area contributed by atoms with E-state index in [1.54, 1.807) is 18.2 Å². The molecule has 0 N–H and O–H groups in total. The number of benzene rings is 2. The summed E-state index contributed by atoms with van der Waals surface area (Å²) in [6, 6.07) is 11.2. The van der Waals surface area contributed by atoms with Crippen molar-refractivity contribution in [3.05, 3.63) is 69.8 Å². The van der Waals surface area contributed by atoms with Crippen molar-refractivity contribution in [1.29, 1.82) is 0 Å². The molecule has 1 fully saturated rings. The summed E-state index contributed by atoms with van der Waals surface area (Å²) in [7, 11) is 0. The third-order valence-electron chi connectivity index (χ3n) is 4.56. The van der Waals surface area contributed by atoms with E-state index in [1.807, 2.05) is 12.1 Å². The average molecular weight is 406 g/mol. The Hall–Kier alpha value is -2.44. The zero-order valence-corrected chi connectivity index (χ0v) is 15.5. The van der Waals surface area contributed by atoms with E-state index >= 15 is 0 Å². The summed E-state index contributed by atoms with van der Waals surface area (Å²) in [4.78, 5) is 18.3. The Labute approximate surface area is 164 Å². The van der Waals surface area contributed by atoms with Gasteiger partial charge in [-0.25, -0.2) is 4.39 Å². The number of aromatic nitrogens is 2. The number of hydrogen-bond acceptors (Lipinski definition) is 4. The summed E-state index contributed by atoms with van der Waals surface area (Å²) in [6.45, 7) is 0.0405. The Morgan fingerprint density at radius 3 is 2.70 bits per heavy atom. The lowest BCUT2D eigenvalue weighted by Crippen LogP contribution is -2.28. The summed E-state index contributed by atoms with van der Waals surface area (Å²) in [5, 5.41) is 4.76. The molecule has 138 valence electrons. The number of hydrogen-bond donors (Lipinski definition) is 0. The first kappa shape index (κ1) is 17.9. The third kappa shape index (κ3) is 3.42. The Morgan fingerprint density at radius 1 is 1.15 bits per heavy atom. The van der Waals surface area contributed by atoms with Gasteiger partial charge in [0.1, 0.15) is 11.9 Å². The highest BCUT2D eigenvalue weighted by Crippen LogP contribution is 2.36. The molecule has 1 amide bonds. The molecule has 1 saturated heterocycles. The predicted octanol–water partition coefficient (Wildman–Crippen LogP) is 5.05. The van der Waals surface area contributed by atoms with Crippen molar-refractivity contribution >= 4 is 29.1 Å². The molecule has 0 bridgehead atoms. The summed E-state index contributed by atoms with van der Waals surface area (Å²) in [5.74, 6) is 0.0714. The first-order valence-electron chi connectivity index (χ1n) is 8.35. The lowest BCUT2D eigenvalue weighted by atomic mass is 10.1. The van der Waals surface area contributed by atoms with Crippen molar-refractivity contribution in [3.8, 4) is 11.4 Å². The van der Waals surface area contributed by atoms with Crippen molar-refractivity contribution in [2.75, 3.05) is 0 Å². The van der Waals surface area contributed by atoms with Crippen LogP contribution in [0.5, 0.6) is 0 Å². The Bertz CT molecular complexity index is 988. The molecule has 5 nitrogen and oxygen atoms in total. The van der Waals surface area contributed by atoms with E-state index in [0.29, 0.717) is 35.1 Å². The molecule has 8 heteroatoms. The van der Waals surface area contributed by atoms with Gasteiger partial charge in [-0.05, 0) is 30.7 Å². The molecule has 2 aromatic carbocycles. The average Bonchev–Trinajstić information content (AvgIpc) is 3.26. The van der Waals surface area contributed by atoms with Crippen LogP contribution in [0.15, 0.2) is 47.0 Å². The van der Waals surface area contributed by atoms with Gasteiger partial charge >= 0.3 is 0 Å². The van der Waals surface area contributed by atoms with Gasteiger partial charge in [0.15, 0.2) is 0 Å². The van der Waals surface area contributed by atoms with Crippen LogP contribution in [0.2, 0.25) is 10.0 Å². The number of carbonyl (C=O) groups excluding carboxylic acids is 1. The number of carbonyl (C=O) groups is 1. The van der Waals surface area contributed by atoms with Crippen molar-refractivity contribution in [1.82, 2.24) is 15.0 Å². The number of amides is 1. The van der Waals surface area contributed by atoms with E-state index in [9.17, 15) is 9.18 Å². The molecule has 1 aromatic heterocycles. The number of halogens is 3. The second-order valence-electron chi connectivity index (χ2n) is 6.21. The smallest absolute Gasteiger partial charge is 0.249 e. The molecule has 1 unspecified atom stereocenters. The van der Waals surface area contributed by atoms with Crippen LogP contribution in [-0.4, -0.2) is 20.9 Å². The van der Waals surface area contributed by atoms with Gasteiger partial charge in [-0.3, -0.25) is 4.79 Å². The molecule has 27 heavy (non-hydrogen) atoms. The van der Waals surface area contributed by atoms with E-state index in [1.165, 1.54) is 17.0 Å². The van der Waals surface area contributed by atoms with Crippen molar-refractivity contribution in [2.45, 2.75) is 25.4 Å². The fourth-order valence-corrected chi connectivity index (χ4v) is 3.61. The second kappa shape index (κ2) is 7.29. The molecule has 1 aliphatic heterocycles. The number of nitrogens with zero attached hydrogens (tertiary/aromatic N) is 3. The quantitative estimate of drug-likeness (QED) is 0.609. The second-order valence-corrected chi connectivity index (χ2v) is 7.03. The highest BCUT2D eigenvalue weighted by molar-refractivity contribution is 6.33. The maximum absolute atomic E-state index is 14.1. The summed E-state index contributed by atoms with van der Waals surface area (Å²) < 4.78 is 19.5. The van der Waals surface area contributed by atoms with Crippen LogP contribution < -0.4 is 0 Å². The third-order valence-corrected chi connectivity index (χ3v) is 5.24. The zero-order valence-electron chi connectivity index (χ0n) is 14.0. The summed E-state index contributed by atoms with van der Waals surface area (Å²) in [5.41, 5.74) is 0.910. The van der Waals surface area contributed by atoms with E-state index in [4.69, 9.17) is 27.7 Å². The Morgan fingerprint density at radius 2 is 1.93 bits per heavy atom. The van der Waals surface area contributed by atoms with Crippen molar-refractivity contribution in [3.63, 3.8) is 0 Å². The van der Waals surface area contributed by atoms with Gasteiger partial charge in [-0.15, -0.1) is 0 Å². The predicted molar refractivity (Wildman–Crippen MR) is 98.7 cm³/mol. The number of likely N-dealkylation sites (tertiary alicyclic amines) is 1. The maximum Gasteiger partial charge on any atom is 0.249 e. The zero-order chi connectivity index (χ0) is 19.0. The summed E-state index contributed by atoms with van der Waals surface area (Å²) >= 11 is 12.3. The first-order chi connectivity index (χ1) is 13.0. The van der Waals surface area contributed by atoms with Crippen LogP contribution in [-0.2, 0) is 11.3 Å². The first-order valence-corrected chi connectivity index (χ1v) is 9.11. The molecule has 1 atom stereocenters. The molecule has 0 spiro atoms. The molecule has 0 saturated carbocycles. The maximum atomic E-state index is 14.1. The van der Waals surface area contributed by atoms with Crippen molar-refractivity contribution in [2.24, 2.45) is 0 Å². The minimum absolute atomic E-state index is 0.0405. The standard InChI is InChI=1S/C19H14Cl2FN3O2/c20-13-5-2-1-4-11(13)18-23-19(27-24-18)16-8-9-17(26)25(16)10-12-14(21)6-3-7-15(12)22/h1-7,16H,8-10H2. The minimum Gasteiger partial charge on any atom is -0.337 e. The minimum atomic E-state index is -0.455. The Kier molecular flexibility index (Phi) is 4.85. The van der Waals surface area contributed by atoms with Crippen LogP contribution in [0.25, 0.3) is 11.4 Å². The number of rotatable bonds is 4. The molecular weight excluding hydrogens is 392 g/mol. The van der Waals surface area contributed by atoms with E-state index < -0.39 is 11.9 Å². The largest absolute Gasteiger partial charge is 0.337 e. The molecule has 4 rings (SSSR count). The molecule has 0 aliphatic carbocycles. The van der Waals surface area contributed by atoms with Crippen LogP contribution in [0.3, 0.4) is 0 Å². The molecule has 2 heterocycles. The highest BCUT2D eigenvalue weighted by Gasteiger charge is 2.36. The SMILES string of the molecule is O=C1CCC(c2nc(-c3ccccc3Cl)no2)N1Cc1c(F)cccc1Cl. The van der Waals surface area contributed by atoms with E-state index in [2.05, 4.69) is 10.1 Å². The van der Waals surface area contributed by atoms with Gasteiger partial charge in [0.05, 0.1) is 11.6 Å². The van der Waals surface area contributed by atoms with Gasteiger partial charge < -0.3 is 9.42 Å². The highest BCUT2D eigenvalue weighted by atomic mass is 35.5. The Balaban J connectivity index is 1.63.